The van der Waals surface area contributed by atoms with Gasteiger partial charge in [0.15, 0.2) is 11.5 Å². The molecule has 194 valence electrons. The largest absolute Gasteiger partial charge is 0.330 e. The number of fused-ring (bicyclic) bond motifs is 1. The Morgan fingerprint density at radius 1 is 1.05 bits per heavy atom. The lowest BCUT2D eigenvalue weighted by atomic mass is 9.97. The van der Waals surface area contributed by atoms with Crippen LogP contribution in [-0.4, -0.2) is 41.8 Å². The molecule has 0 saturated heterocycles. The van der Waals surface area contributed by atoms with E-state index in [2.05, 4.69) is 30.0 Å². The second-order valence-corrected chi connectivity index (χ2v) is 9.90. The van der Waals surface area contributed by atoms with Gasteiger partial charge in [0.05, 0.1) is 18.4 Å². The third kappa shape index (κ3) is 4.40. The molecular formula is C29H31N7O2. The monoisotopic (exact) mass is 509 g/mol. The van der Waals surface area contributed by atoms with E-state index in [-0.39, 0.29) is 11.6 Å². The van der Waals surface area contributed by atoms with E-state index in [0.29, 0.717) is 35.1 Å². The second kappa shape index (κ2) is 9.74. The van der Waals surface area contributed by atoms with Gasteiger partial charge in [0.2, 0.25) is 0 Å². The summed E-state index contributed by atoms with van der Waals surface area (Å²) >= 11 is 0. The summed E-state index contributed by atoms with van der Waals surface area (Å²) in [6.45, 7) is 6.49. The van der Waals surface area contributed by atoms with Crippen LogP contribution in [0, 0.1) is 6.92 Å². The fraction of sp³-hybridized carbons (Fsp3) is 0.276. The number of rotatable bonds is 6. The van der Waals surface area contributed by atoms with Gasteiger partial charge in [-0.15, -0.1) is 0 Å². The van der Waals surface area contributed by atoms with Crippen molar-refractivity contribution in [2.45, 2.75) is 33.2 Å². The van der Waals surface area contributed by atoms with E-state index in [1.54, 1.807) is 52.1 Å². The van der Waals surface area contributed by atoms with Gasteiger partial charge in [-0.25, -0.2) is 14.8 Å². The fourth-order valence-corrected chi connectivity index (χ4v) is 4.76. The number of nitrogens with zero attached hydrogens (tertiary/aromatic N) is 7. The van der Waals surface area contributed by atoms with Gasteiger partial charge in [0.25, 0.3) is 5.91 Å². The van der Waals surface area contributed by atoms with Gasteiger partial charge in [-0.2, -0.15) is 5.10 Å². The lowest BCUT2D eigenvalue weighted by Gasteiger charge is -2.17. The first-order valence-corrected chi connectivity index (χ1v) is 12.5. The molecule has 38 heavy (non-hydrogen) atoms. The maximum Gasteiger partial charge on any atom is 0.330 e. The van der Waals surface area contributed by atoms with Crippen molar-refractivity contribution in [2.75, 3.05) is 11.9 Å². The molecule has 0 fully saturated rings. The molecule has 0 spiro atoms. The molecule has 0 atom stereocenters. The summed E-state index contributed by atoms with van der Waals surface area (Å²) in [7, 11) is 5.23. The molecule has 2 aromatic carbocycles. The molecule has 0 aliphatic carbocycles. The Kier molecular flexibility index (Phi) is 6.44. The highest BCUT2D eigenvalue weighted by atomic mass is 16.2. The smallest absolute Gasteiger partial charge is 0.310 e. The van der Waals surface area contributed by atoms with Crippen LogP contribution in [0.4, 0.5) is 5.69 Å². The van der Waals surface area contributed by atoms with Crippen LogP contribution in [-0.2, 0) is 20.6 Å². The number of carbonyl (C=O) groups is 1. The molecule has 0 radical (unpaired) electrons. The second-order valence-electron chi connectivity index (χ2n) is 9.90. The van der Waals surface area contributed by atoms with Gasteiger partial charge in [0, 0.05) is 32.4 Å². The molecule has 5 rings (SSSR count). The molecule has 0 saturated carbocycles. The SMILES string of the molecule is Cc1cc(C(=O)N(C)c2ccc(Cn3c(=O)n(C)c4cnc(-c5ccccc5C(C)C)nc43)cc2)n(C)n1. The number of aromatic nitrogens is 6. The molecule has 1 amide bonds. The number of anilines is 1. The zero-order valence-corrected chi connectivity index (χ0v) is 22.5. The molecule has 0 N–H and O–H groups in total. The average molecular weight is 510 g/mol. The number of hydrogen-bond acceptors (Lipinski definition) is 5. The quantitative estimate of drug-likeness (QED) is 0.341. The standard InChI is InChI=1S/C29H31N7O2/c1-18(2)22-9-7-8-10-23(22)26-30-16-25-27(31-26)36(29(38)34(25)5)17-20-11-13-21(14-12-20)33(4)28(37)24-15-19(3)32-35(24)6/h7-16,18H,17H2,1-6H3. The van der Waals surface area contributed by atoms with E-state index in [9.17, 15) is 9.59 Å². The van der Waals surface area contributed by atoms with Gasteiger partial charge in [-0.05, 0) is 42.2 Å². The van der Waals surface area contributed by atoms with Crippen molar-refractivity contribution in [3.63, 3.8) is 0 Å². The van der Waals surface area contributed by atoms with Gasteiger partial charge < -0.3 is 4.90 Å². The van der Waals surface area contributed by atoms with Gasteiger partial charge >= 0.3 is 5.69 Å². The van der Waals surface area contributed by atoms with E-state index < -0.39 is 0 Å². The summed E-state index contributed by atoms with van der Waals surface area (Å²) in [6.07, 6.45) is 1.72. The number of aryl methyl sites for hydroxylation is 3. The number of amides is 1. The van der Waals surface area contributed by atoms with Crippen LogP contribution < -0.4 is 10.6 Å². The minimum absolute atomic E-state index is 0.142. The molecular weight excluding hydrogens is 478 g/mol. The van der Waals surface area contributed by atoms with Gasteiger partial charge in [-0.1, -0.05) is 50.2 Å². The fourth-order valence-electron chi connectivity index (χ4n) is 4.76. The lowest BCUT2D eigenvalue weighted by molar-refractivity contribution is 0.0984. The van der Waals surface area contributed by atoms with Crippen LogP contribution in [0.2, 0.25) is 0 Å². The Balaban J connectivity index is 1.46. The van der Waals surface area contributed by atoms with Crippen LogP contribution in [0.1, 0.15) is 47.1 Å². The molecule has 5 aromatic rings. The minimum atomic E-state index is -0.161. The summed E-state index contributed by atoms with van der Waals surface area (Å²) in [6, 6.07) is 17.5. The maximum atomic E-state index is 13.2. The number of hydrogen-bond donors (Lipinski definition) is 0. The summed E-state index contributed by atoms with van der Waals surface area (Å²) in [4.78, 5) is 37.2. The first-order chi connectivity index (χ1) is 18.2. The van der Waals surface area contributed by atoms with Crippen LogP contribution in [0.15, 0.2) is 65.6 Å². The highest BCUT2D eigenvalue weighted by molar-refractivity contribution is 6.04. The highest BCUT2D eigenvalue weighted by Gasteiger charge is 2.19. The topological polar surface area (TPSA) is 90.8 Å². The van der Waals surface area contributed by atoms with E-state index >= 15 is 0 Å². The molecule has 0 aliphatic rings. The van der Waals surface area contributed by atoms with Crippen molar-refractivity contribution in [3.05, 3.63) is 93.8 Å². The molecule has 0 unspecified atom stereocenters. The minimum Gasteiger partial charge on any atom is -0.310 e. The summed E-state index contributed by atoms with van der Waals surface area (Å²) in [5.41, 5.74) is 6.21. The number of carbonyl (C=O) groups excluding carboxylic acids is 1. The molecule has 0 bridgehead atoms. The zero-order valence-electron chi connectivity index (χ0n) is 22.5. The van der Waals surface area contributed by atoms with Crippen molar-refractivity contribution in [3.8, 4) is 11.4 Å². The van der Waals surface area contributed by atoms with Gasteiger partial charge in [0.1, 0.15) is 11.2 Å². The van der Waals surface area contributed by atoms with E-state index in [0.717, 1.165) is 28.1 Å². The first kappa shape index (κ1) is 25.1. The van der Waals surface area contributed by atoms with E-state index in [1.807, 2.05) is 49.4 Å². The third-order valence-electron chi connectivity index (χ3n) is 6.90. The van der Waals surface area contributed by atoms with Crippen LogP contribution in [0.3, 0.4) is 0 Å². The molecule has 3 heterocycles. The van der Waals surface area contributed by atoms with Crippen molar-refractivity contribution < 1.29 is 4.79 Å². The normalized spacial score (nSPS) is 11.4. The average Bonchev–Trinajstić information content (AvgIpc) is 3.38. The predicted octanol–water partition coefficient (Wildman–Crippen LogP) is 4.29. The Hall–Kier alpha value is -4.53. The third-order valence-corrected chi connectivity index (χ3v) is 6.90. The van der Waals surface area contributed by atoms with Crippen molar-refractivity contribution in [2.24, 2.45) is 14.1 Å². The number of benzene rings is 2. The molecule has 9 nitrogen and oxygen atoms in total. The molecule has 9 heteroatoms. The van der Waals surface area contributed by atoms with Crippen LogP contribution in [0.5, 0.6) is 0 Å². The van der Waals surface area contributed by atoms with Gasteiger partial charge in [-0.3, -0.25) is 18.6 Å². The Morgan fingerprint density at radius 2 is 1.76 bits per heavy atom. The number of imidazole rings is 1. The Labute approximate surface area is 221 Å². The maximum absolute atomic E-state index is 13.2. The van der Waals surface area contributed by atoms with Crippen molar-refractivity contribution >= 4 is 22.8 Å². The Morgan fingerprint density at radius 3 is 2.42 bits per heavy atom. The predicted molar refractivity (Wildman–Crippen MR) is 149 cm³/mol. The van der Waals surface area contributed by atoms with Crippen molar-refractivity contribution in [1.82, 2.24) is 28.9 Å². The zero-order chi connectivity index (χ0) is 27.1. The molecule has 3 aromatic heterocycles. The van der Waals surface area contributed by atoms with Crippen LogP contribution in [0.25, 0.3) is 22.6 Å². The summed E-state index contributed by atoms with van der Waals surface area (Å²) in [5.74, 6) is 0.771. The van der Waals surface area contributed by atoms with Crippen LogP contribution >= 0.6 is 0 Å². The highest BCUT2D eigenvalue weighted by Crippen LogP contribution is 2.27. The summed E-state index contributed by atoms with van der Waals surface area (Å²) < 4.78 is 4.83. The molecule has 0 aliphatic heterocycles. The lowest BCUT2D eigenvalue weighted by Crippen LogP contribution is -2.28. The van der Waals surface area contributed by atoms with Crippen molar-refractivity contribution in [1.29, 1.82) is 0 Å². The van der Waals surface area contributed by atoms with E-state index in [4.69, 9.17) is 4.98 Å². The van der Waals surface area contributed by atoms with E-state index in [1.165, 1.54) is 0 Å². The Bertz CT molecular complexity index is 1710. The summed E-state index contributed by atoms with van der Waals surface area (Å²) in [5, 5.41) is 4.27. The first-order valence-electron chi connectivity index (χ1n) is 12.5.